The molecule has 6 nitrogen and oxygen atoms in total. The predicted octanol–water partition coefficient (Wildman–Crippen LogP) is 1.54. The van der Waals surface area contributed by atoms with Crippen LogP contribution in [0.25, 0.3) is 0 Å². The van der Waals surface area contributed by atoms with E-state index in [1.54, 1.807) is 0 Å². The van der Waals surface area contributed by atoms with Crippen molar-refractivity contribution in [2.75, 3.05) is 19.7 Å². The van der Waals surface area contributed by atoms with Crippen LogP contribution in [-0.4, -0.2) is 41.6 Å². The van der Waals surface area contributed by atoms with E-state index in [1.165, 1.54) is 11.3 Å². The number of hydrogen-bond acceptors (Lipinski definition) is 3. The average molecular weight is 294 g/mol. The summed E-state index contributed by atoms with van der Waals surface area (Å²) in [6.45, 7) is 9.09. The number of carbonyl (C=O) groups is 1. The smallest absolute Gasteiger partial charge is 0.314 e. The molecule has 2 N–H and O–H groups in total. The largest absolute Gasteiger partial charge is 0.376 e. The fourth-order valence-electron chi connectivity index (χ4n) is 2.78. The highest BCUT2D eigenvalue weighted by Crippen LogP contribution is 2.13. The fraction of sp³-hybridized carbons (Fsp3) is 0.733. The molecule has 6 heteroatoms. The van der Waals surface area contributed by atoms with Gasteiger partial charge in [-0.3, -0.25) is 4.68 Å². The lowest BCUT2D eigenvalue weighted by Crippen LogP contribution is -2.40. The van der Waals surface area contributed by atoms with Crippen LogP contribution in [0.2, 0.25) is 0 Å². The van der Waals surface area contributed by atoms with Gasteiger partial charge in [0, 0.05) is 31.9 Å². The van der Waals surface area contributed by atoms with Gasteiger partial charge in [-0.2, -0.15) is 5.10 Å². The Morgan fingerprint density at radius 1 is 1.43 bits per heavy atom. The molecule has 0 bridgehead atoms. The second-order valence-electron chi connectivity index (χ2n) is 5.49. The van der Waals surface area contributed by atoms with Gasteiger partial charge in [0.05, 0.1) is 11.8 Å². The van der Waals surface area contributed by atoms with E-state index in [1.807, 2.05) is 11.6 Å². The van der Waals surface area contributed by atoms with E-state index < -0.39 is 0 Å². The summed E-state index contributed by atoms with van der Waals surface area (Å²) < 4.78 is 7.47. The number of rotatable bonds is 6. The molecule has 0 aromatic carbocycles. The van der Waals surface area contributed by atoms with Gasteiger partial charge < -0.3 is 15.4 Å². The molecule has 2 heterocycles. The van der Waals surface area contributed by atoms with Crippen molar-refractivity contribution in [2.45, 2.75) is 52.7 Å². The summed E-state index contributed by atoms with van der Waals surface area (Å²) in [5.74, 6) is 0. The topological polar surface area (TPSA) is 68.2 Å². The summed E-state index contributed by atoms with van der Waals surface area (Å²) >= 11 is 0. The summed E-state index contributed by atoms with van der Waals surface area (Å²) in [4.78, 5) is 11.7. The second kappa shape index (κ2) is 7.45. The van der Waals surface area contributed by atoms with Crippen LogP contribution < -0.4 is 10.6 Å². The number of nitrogens with zero attached hydrogens (tertiary/aromatic N) is 2. The highest BCUT2D eigenvalue weighted by Gasteiger charge is 2.16. The molecule has 2 amide bonds. The monoisotopic (exact) mass is 294 g/mol. The number of urea groups is 1. The molecule has 0 spiro atoms. The molecule has 0 radical (unpaired) electrons. The SMILES string of the molecule is CCn1nc(C)c(CCNC(=O)NCC2CCCO2)c1C. The number of ether oxygens (including phenoxy) is 1. The number of aryl methyl sites for hydroxylation is 2. The molecule has 1 aromatic heterocycles. The van der Waals surface area contributed by atoms with Crippen LogP contribution in [0.1, 0.15) is 36.7 Å². The summed E-state index contributed by atoms with van der Waals surface area (Å²) in [5.41, 5.74) is 3.48. The van der Waals surface area contributed by atoms with E-state index in [2.05, 4.69) is 29.6 Å². The quantitative estimate of drug-likeness (QED) is 0.836. The van der Waals surface area contributed by atoms with Crippen LogP contribution in [0, 0.1) is 13.8 Å². The number of aromatic nitrogens is 2. The van der Waals surface area contributed by atoms with Crippen LogP contribution in [0.4, 0.5) is 4.79 Å². The van der Waals surface area contributed by atoms with Gasteiger partial charge in [-0.15, -0.1) is 0 Å². The molecule has 1 fully saturated rings. The van der Waals surface area contributed by atoms with Crippen LogP contribution in [0.3, 0.4) is 0 Å². The third-order valence-electron chi connectivity index (χ3n) is 4.01. The molecule has 118 valence electrons. The minimum Gasteiger partial charge on any atom is -0.376 e. The lowest BCUT2D eigenvalue weighted by molar-refractivity contribution is 0.111. The maximum atomic E-state index is 11.7. The number of hydrogen-bond donors (Lipinski definition) is 2. The molecule has 1 aliphatic rings. The van der Waals surface area contributed by atoms with Gasteiger partial charge in [0.15, 0.2) is 0 Å². The van der Waals surface area contributed by atoms with Crippen LogP contribution in [0.15, 0.2) is 0 Å². The van der Waals surface area contributed by atoms with E-state index in [0.717, 1.165) is 38.1 Å². The van der Waals surface area contributed by atoms with Crippen molar-refractivity contribution in [3.05, 3.63) is 17.0 Å². The molecule has 2 rings (SSSR count). The Labute approximate surface area is 126 Å². The minimum atomic E-state index is -0.122. The third kappa shape index (κ3) is 4.20. The van der Waals surface area contributed by atoms with Crippen molar-refractivity contribution in [2.24, 2.45) is 0 Å². The second-order valence-corrected chi connectivity index (χ2v) is 5.49. The van der Waals surface area contributed by atoms with Gasteiger partial charge in [-0.25, -0.2) is 4.79 Å². The first-order chi connectivity index (χ1) is 10.1. The van der Waals surface area contributed by atoms with Gasteiger partial charge >= 0.3 is 6.03 Å². The Morgan fingerprint density at radius 2 is 2.24 bits per heavy atom. The molecular weight excluding hydrogens is 268 g/mol. The van der Waals surface area contributed by atoms with Gasteiger partial charge in [-0.05, 0) is 45.6 Å². The first-order valence-electron chi connectivity index (χ1n) is 7.78. The highest BCUT2D eigenvalue weighted by atomic mass is 16.5. The Balaban J connectivity index is 1.71. The Bertz CT molecular complexity index is 478. The third-order valence-corrected chi connectivity index (χ3v) is 4.01. The van der Waals surface area contributed by atoms with E-state index in [0.29, 0.717) is 13.1 Å². The summed E-state index contributed by atoms with van der Waals surface area (Å²) in [7, 11) is 0. The summed E-state index contributed by atoms with van der Waals surface area (Å²) in [5, 5.41) is 10.2. The van der Waals surface area contributed by atoms with Crippen LogP contribution in [-0.2, 0) is 17.7 Å². The van der Waals surface area contributed by atoms with Crippen molar-refractivity contribution < 1.29 is 9.53 Å². The first-order valence-corrected chi connectivity index (χ1v) is 7.78. The van der Waals surface area contributed by atoms with E-state index in [4.69, 9.17) is 4.74 Å². The van der Waals surface area contributed by atoms with E-state index in [-0.39, 0.29) is 12.1 Å². The lowest BCUT2D eigenvalue weighted by atomic mass is 10.1. The van der Waals surface area contributed by atoms with Gasteiger partial charge in [-0.1, -0.05) is 0 Å². The number of carbonyl (C=O) groups excluding carboxylic acids is 1. The predicted molar refractivity (Wildman–Crippen MR) is 81.5 cm³/mol. The van der Waals surface area contributed by atoms with Crippen molar-refractivity contribution in [1.82, 2.24) is 20.4 Å². The summed E-state index contributed by atoms with van der Waals surface area (Å²) in [6.07, 6.45) is 3.12. The zero-order chi connectivity index (χ0) is 15.2. The van der Waals surface area contributed by atoms with Crippen LogP contribution in [0.5, 0.6) is 0 Å². The zero-order valence-electron chi connectivity index (χ0n) is 13.2. The minimum absolute atomic E-state index is 0.122. The van der Waals surface area contributed by atoms with Crippen molar-refractivity contribution in [1.29, 1.82) is 0 Å². The Kier molecular flexibility index (Phi) is 5.61. The van der Waals surface area contributed by atoms with Crippen molar-refractivity contribution in [3.63, 3.8) is 0 Å². The maximum absolute atomic E-state index is 11.7. The van der Waals surface area contributed by atoms with Gasteiger partial charge in [0.1, 0.15) is 0 Å². The molecule has 21 heavy (non-hydrogen) atoms. The summed E-state index contributed by atoms with van der Waals surface area (Å²) in [6, 6.07) is -0.122. The molecule has 1 saturated heterocycles. The van der Waals surface area contributed by atoms with Crippen LogP contribution >= 0.6 is 0 Å². The van der Waals surface area contributed by atoms with Crippen molar-refractivity contribution >= 4 is 6.03 Å². The normalized spacial score (nSPS) is 18.0. The lowest BCUT2D eigenvalue weighted by Gasteiger charge is -2.11. The molecule has 1 atom stereocenters. The fourth-order valence-corrected chi connectivity index (χ4v) is 2.78. The molecule has 0 aliphatic carbocycles. The number of nitrogens with one attached hydrogen (secondary N) is 2. The van der Waals surface area contributed by atoms with Gasteiger partial charge in [0.2, 0.25) is 0 Å². The number of amides is 2. The average Bonchev–Trinajstić information content (AvgIpc) is 3.07. The Morgan fingerprint density at radius 3 is 2.86 bits per heavy atom. The molecule has 1 aliphatic heterocycles. The first kappa shape index (κ1) is 15.8. The zero-order valence-corrected chi connectivity index (χ0v) is 13.2. The molecule has 1 unspecified atom stereocenters. The maximum Gasteiger partial charge on any atom is 0.314 e. The molecule has 1 aromatic rings. The highest BCUT2D eigenvalue weighted by molar-refractivity contribution is 5.73. The van der Waals surface area contributed by atoms with Gasteiger partial charge in [0.25, 0.3) is 0 Å². The van der Waals surface area contributed by atoms with E-state index >= 15 is 0 Å². The Hall–Kier alpha value is -1.56. The molecular formula is C15H26N4O2. The van der Waals surface area contributed by atoms with E-state index in [9.17, 15) is 4.79 Å². The standard InChI is InChI=1S/C15H26N4O2/c1-4-19-12(3)14(11(2)18-19)7-8-16-15(20)17-10-13-6-5-9-21-13/h13H,4-10H2,1-3H3,(H2,16,17,20). The molecule has 0 saturated carbocycles. The van der Waals surface area contributed by atoms with Crippen molar-refractivity contribution in [3.8, 4) is 0 Å².